The van der Waals surface area contributed by atoms with Crippen molar-refractivity contribution >= 4 is 46.6 Å². The summed E-state index contributed by atoms with van der Waals surface area (Å²) in [5.74, 6) is 0.330. The van der Waals surface area contributed by atoms with Crippen molar-refractivity contribution in [2.24, 2.45) is 5.73 Å². The number of amides is 1. The number of nitrogens with zero attached hydrogens (tertiary/aromatic N) is 1. The molecule has 0 spiro atoms. The van der Waals surface area contributed by atoms with Crippen LogP contribution < -0.4 is 5.73 Å². The Balaban J connectivity index is 2.44. The normalized spacial score (nSPS) is 24.1. The Kier molecular flexibility index (Phi) is 3.34. The molecule has 0 saturated carbocycles. The van der Waals surface area contributed by atoms with E-state index in [9.17, 15) is 4.79 Å². The number of hydrogen-bond acceptors (Lipinski definition) is 3. The van der Waals surface area contributed by atoms with Crippen LogP contribution in [-0.4, -0.2) is 21.7 Å². The highest BCUT2D eigenvalue weighted by molar-refractivity contribution is 8.01. The molecule has 3 nitrogen and oxygen atoms in total. The first-order valence-electron chi connectivity index (χ1n) is 4.97. The second kappa shape index (κ2) is 4.48. The summed E-state index contributed by atoms with van der Waals surface area (Å²) in [7, 11) is 0. The Morgan fingerprint density at radius 2 is 2.12 bits per heavy atom. The number of carbonyl (C=O) groups is 1. The van der Waals surface area contributed by atoms with Gasteiger partial charge in [0.2, 0.25) is 5.91 Å². The number of rotatable bonds is 1. The predicted octanol–water partition coefficient (Wildman–Crippen LogP) is 2.33. The maximum atomic E-state index is 11.8. The third-order valence-electron chi connectivity index (χ3n) is 2.75. The lowest BCUT2D eigenvalue weighted by atomic mass is 10.1. The zero-order valence-electron chi connectivity index (χ0n) is 9.14. The molecule has 1 aromatic rings. The van der Waals surface area contributed by atoms with E-state index < -0.39 is 4.87 Å². The second-order valence-electron chi connectivity index (χ2n) is 3.85. The maximum Gasteiger partial charge on any atom is 0.240 e. The number of nitrogens with two attached hydrogens (primary N) is 1. The molecule has 1 aliphatic heterocycles. The molecule has 1 aromatic carbocycles. The third kappa shape index (κ3) is 2.14. The van der Waals surface area contributed by atoms with Gasteiger partial charge in [-0.05, 0) is 36.8 Å². The summed E-state index contributed by atoms with van der Waals surface area (Å²) < 4.78 is 0. The third-order valence-corrected chi connectivity index (χ3v) is 4.56. The smallest absolute Gasteiger partial charge is 0.240 e. The quantitative estimate of drug-likeness (QED) is 0.805. The zero-order valence-corrected chi connectivity index (χ0v) is 11.5. The Morgan fingerprint density at radius 1 is 1.53 bits per heavy atom. The molecule has 90 valence electrons. The lowest BCUT2D eigenvalue weighted by Crippen LogP contribution is -2.47. The molecule has 1 saturated heterocycles. The average molecular weight is 287 g/mol. The summed E-state index contributed by atoms with van der Waals surface area (Å²) in [6, 6.07) is 7.37. The minimum absolute atomic E-state index is 0.0556. The number of benzene rings is 1. The Morgan fingerprint density at radius 3 is 2.65 bits per heavy atom. The summed E-state index contributed by atoms with van der Waals surface area (Å²) in [4.78, 5) is 12.7. The van der Waals surface area contributed by atoms with Crippen LogP contribution in [-0.2, 0) is 9.67 Å². The van der Waals surface area contributed by atoms with Crippen LogP contribution in [0.15, 0.2) is 24.3 Å². The lowest BCUT2D eigenvalue weighted by Gasteiger charge is -2.33. The van der Waals surface area contributed by atoms with Crippen LogP contribution in [0.25, 0.3) is 0 Å². The minimum Gasteiger partial charge on any atom is -0.376 e. The van der Waals surface area contributed by atoms with E-state index in [0.29, 0.717) is 10.8 Å². The van der Waals surface area contributed by atoms with E-state index in [0.717, 1.165) is 5.56 Å². The molecule has 2 rings (SSSR count). The van der Waals surface area contributed by atoms with Crippen LogP contribution >= 0.6 is 35.6 Å². The van der Waals surface area contributed by atoms with Gasteiger partial charge in [-0.15, -0.1) is 11.8 Å². The van der Waals surface area contributed by atoms with Gasteiger partial charge in [-0.3, -0.25) is 9.69 Å². The number of thiocarbonyl (C=S) groups is 1. The topological polar surface area (TPSA) is 46.3 Å². The van der Waals surface area contributed by atoms with E-state index >= 15 is 0 Å². The molecule has 0 aromatic heterocycles. The minimum atomic E-state index is -0.534. The molecule has 6 heteroatoms. The number of halogens is 1. The van der Waals surface area contributed by atoms with E-state index in [1.807, 2.05) is 19.1 Å². The van der Waals surface area contributed by atoms with Gasteiger partial charge in [0, 0.05) is 5.02 Å². The predicted molar refractivity (Wildman–Crippen MR) is 74.9 cm³/mol. The Labute approximate surface area is 114 Å². The van der Waals surface area contributed by atoms with E-state index in [1.54, 1.807) is 12.1 Å². The average Bonchev–Trinajstić information content (AvgIpc) is 2.56. The van der Waals surface area contributed by atoms with E-state index in [-0.39, 0.29) is 11.0 Å². The number of carbonyl (C=O) groups excluding carboxylic acids is 1. The molecule has 0 bridgehead atoms. The van der Waals surface area contributed by atoms with Crippen LogP contribution in [0.5, 0.6) is 0 Å². The molecule has 1 amide bonds. The highest BCUT2D eigenvalue weighted by atomic mass is 35.5. The SMILES string of the molecule is CC1(c2ccc(Cl)cc2)SCC(=O)N1C(N)=S. The number of hydrogen-bond donors (Lipinski definition) is 1. The van der Waals surface area contributed by atoms with Crippen molar-refractivity contribution in [3.63, 3.8) is 0 Å². The molecule has 1 heterocycles. The molecule has 2 N–H and O–H groups in total. The van der Waals surface area contributed by atoms with Crippen molar-refractivity contribution < 1.29 is 4.79 Å². The van der Waals surface area contributed by atoms with Crippen LogP contribution in [0.3, 0.4) is 0 Å². The fourth-order valence-corrected chi connectivity index (χ4v) is 3.51. The van der Waals surface area contributed by atoms with Crippen molar-refractivity contribution in [1.29, 1.82) is 0 Å². The van der Waals surface area contributed by atoms with E-state index in [1.165, 1.54) is 16.7 Å². The van der Waals surface area contributed by atoms with Crippen molar-refractivity contribution in [3.8, 4) is 0 Å². The van der Waals surface area contributed by atoms with Crippen LogP contribution in [0.4, 0.5) is 0 Å². The molecule has 0 aliphatic carbocycles. The fraction of sp³-hybridized carbons (Fsp3) is 0.273. The molecule has 1 aliphatic rings. The first-order valence-corrected chi connectivity index (χ1v) is 6.75. The monoisotopic (exact) mass is 286 g/mol. The Bertz CT molecular complexity index is 477. The van der Waals surface area contributed by atoms with Crippen molar-refractivity contribution in [2.75, 3.05) is 5.75 Å². The maximum absolute atomic E-state index is 11.8. The van der Waals surface area contributed by atoms with Crippen molar-refractivity contribution in [3.05, 3.63) is 34.9 Å². The molecule has 1 unspecified atom stereocenters. The molecule has 0 radical (unpaired) electrons. The van der Waals surface area contributed by atoms with Gasteiger partial charge in [-0.25, -0.2) is 0 Å². The molecule has 17 heavy (non-hydrogen) atoms. The Hall–Kier alpha value is -0.780. The van der Waals surface area contributed by atoms with Gasteiger partial charge in [0.05, 0.1) is 5.75 Å². The highest BCUT2D eigenvalue weighted by Gasteiger charge is 2.45. The summed E-state index contributed by atoms with van der Waals surface area (Å²) in [5, 5.41) is 0.769. The van der Waals surface area contributed by atoms with Crippen LogP contribution in [0.2, 0.25) is 5.02 Å². The summed E-state index contributed by atoms with van der Waals surface area (Å²) in [6.07, 6.45) is 0. The lowest BCUT2D eigenvalue weighted by molar-refractivity contribution is -0.125. The van der Waals surface area contributed by atoms with Gasteiger partial charge in [0.1, 0.15) is 4.87 Å². The summed E-state index contributed by atoms with van der Waals surface area (Å²) in [6.45, 7) is 1.94. The first-order chi connectivity index (χ1) is 7.95. The first kappa shape index (κ1) is 12.7. The van der Waals surface area contributed by atoms with Gasteiger partial charge >= 0.3 is 0 Å². The van der Waals surface area contributed by atoms with Crippen molar-refractivity contribution in [1.82, 2.24) is 4.90 Å². The van der Waals surface area contributed by atoms with Gasteiger partial charge in [0.15, 0.2) is 5.11 Å². The van der Waals surface area contributed by atoms with Crippen LogP contribution in [0.1, 0.15) is 12.5 Å². The van der Waals surface area contributed by atoms with Gasteiger partial charge in [-0.2, -0.15) is 0 Å². The standard InChI is InChI=1S/C11H11ClN2OS2/c1-11(7-2-4-8(12)5-3-7)14(10(13)16)9(15)6-17-11/h2-5H,6H2,1H3,(H2,13,16). The fourth-order valence-electron chi connectivity index (χ4n) is 1.87. The largest absolute Gasteiger partial charge is 0.376 e. The van der Waals surface area contributed by atoms with Gasteiger partial charge in [0.25, 0.3) is 0 Å². The molecular formula is C11H11ClN2OS2. The number of thioether (sulfide) groups is 1. The van der Waals surface area contributed by atoms with Crippen LogP contribution in [0, 0.1) is 0 Å². The zero-order chi connectivity index (χ0) is 12.6. The van der Waals surface area contributed by atoms with Crippen molar-refractivity contribution in [2.45, 2.75) is 11.8 Å². The molecular weight excluding hydrogens is 276 g/mol. The summed E-state index contributed by atoms with van der Waals surface area (Å²) >= 11 is 12.3. The highest BCUT2D eigenvalue weighted by Crippen LogP contribution is 2.44. The molecule has 1 fully saturated rings. The van der Waals surface area contributed by atoms with E-state index in [4.69, 9.17) is 29.6 Å². The second-order valence-corrected chi connectivity index (χ2v) is 6.07. The van der Waals surface area contributed by atoms with Gasteiger partial charge in [-0.1, -0.05) is 23.7 Å². The summed E-state index contributed by atoms with van der Waals surface area (Å²) in [5.41, 5.74) is 6.59. The molecule has 1 atom stereocenters. The van der Waals surface area contributed by atoms with Gasteiger partial charge < -0.3 is 5.73 Å². The van der Waals surface area contributed by atoms with E-state index in [2.05, 4.69) is 0 Å².